The van der Waals surface area contributed by atoms with Gasteiger partial charge >= 0.3 is 0 Å². The Balaban J connectivity index is 1.53. The molecule has 4 rings (SSSR count). The van der Waals surface area contributed by atoms with E-state index in [0.717, 1.165) is 22.8 Å². The number of carbonyl (C=O) groups excluding carboxylic acids is 3. The third-order valence-corrected chi connectivity index (χ3v) is 5.67. The minimum atomic E-state index is -0.226. The van der Waals surface area contributed by atoms with Crippen molar-refractivity contribution in [1.29, 1.82) is 0 Å². The van der Waals surface area contributed by atoms with E-state index in [2.05, 4.69) is 5.32 Å². The summed E-state index contributed by atoms with van der Waals surface area (Å²) in [6.07, 6.45) is 1.33. The maximum absolute atomic E-state index is 13.0. The van der Waals surface area contributed by atoms with Crippen LogP contribution >= 0.6 is 0 Å². The van der Waals surface area contributed by atoms with Crippen molar-refractivity contribution in [1.82, 2.24) is 4.57 Å². The lowest BCUT2D eigenvalue weighted by atomic mass is 10.1. The third kappa shape index (κ3) is 4.01. The summed E-state index contributed by atoms with van der Waals surface area (Å²) in [4.78, 5) is 38.4. The van der Waals surface area contributed by atoms with E-state index in [0.29, 0.717) is 36.2 Å². The summed E-state index contributed by atoms with van der Waals surface area (Å²) in [7, 11) is 1.62. The monoisotopic (exact) mass is 431 g/mol. The SMILES string of the molecule is COc1ccc(-n2c(C)cc(C(=O)Nc3ccc(N4C(=O)CCCC4=O)cc3)c2C)cc1. The van der Waals surface area contributed by atoms with Crippen molar-refractivity contribution in [3.8, 4) is 11.4 Å². The zero-order valence-electron chi connectivity index (χ0n) is 18.3. The molecule has 7 heteroatoms. The number of nitrogens with one attached hydrogen (secondary N) is 1. The molecule has 0 bridgehead atoms. The number of hydrogen-bond acceptors (Lipinski definition) is 4. The molecule has 2 heterocycles. The third-order valence-electron chi connectivity index (χ3n) is 5.67. The highest BCUT2D eigenvalue weighted by molar-refractivity contribution is 6.16. The van der Waals surface area contributed by atoms with E-state index < -0.39 is 0 Å². The minimum Gasteiger partial charge on any atom is -0.497 e. The standard InChI is InChI=1S/C25H25N3O4/c1-16-15-22(17(2)27(16)19-11-13-21(32-3)14-12-19)25(31)26-18-7-9-20(10-8-18)28-23(29)5-4-6-24(28)30/h7-15H,4-6H2,1-3H3,(H,26,31). The number of anilines is 2. The molecule has 0 radical (unpaired) electrons. The molecule has 3 aromatic rings. The van der Waals surface area contributed by atoms with E-state index in [9.17, 15) is 14.4 Å². The number of piperidine rings is 1. The maximum Gasteiger partial charge on any atom is 0.257 e. The van der Waals surface area contributed by atoms with Gasteiger partial charge in [0.25, 0.3) is 5.91 Å². The van der Waals surface area contributed by atoms with E-state index in [1.165, 1.54) is 4.90 Å². The molecule has 1 saturated heterocycles. The fraction of sp³-hybridized carbons (Fsp3) is 0.240. The molecule has 1 N–H and O–H groups in total. The zero-order valence-corrected chi connectivity index (χ0v) is 18.3. The van der Waals surface area contributed by atoms with Gasteiger partial charge in [-0.05, 0) is 74.9 Å². The molecule has 2 aromatic carbocycles. The predicted molar refractivity (Wildman–Crippen MR) is 123 cm³/mol. The first kappa shape index (κ1) is 21.4. The summed E-state index contributed by atoms with van der Waals surface area (Å²) >= 11 is 0. The first-order chi connectivity index (χ1) is 15.4. The van der Waals surface area contributed by atoms with E-state index in [1.54, 1.807) is 31.4 Å². The average Bonchev–Trinajstić information content (AvgIpc) is 3.09. The van der Waals surface area contributed by atoms with Crippen molar-refractivity contribution in [2.75, 3.05) is 17.3 Å². The summed E-state index contributed by atoms with van der Waals surface area (Å²) in [6, 6.07) is 16.3. The van der Waals surface area contributed by atoms with Crippen LogP contribution in [0.25, 0.3) is 5.69 Å². The first-order valence-corrected chi connectivity index (χ1v) is 10.5. The van der Waals surface area contributed by atoms with Crippen molar-refractivity contribution in [3.63, 3.8) is 0 Å². The fourth-order valence-corrected chi connectivity index (χ4v) is 4.06. The Bertz CT molecular complexity index is 1160. The largest absolute Gasteiger partial charge is 0.497 e. The quantitative estimate of drug-likeness (QED) is 0.607. The Morgan fingerprint density at radius 2 is 1.50 bits per heavy atom. The van der Waals surface area contributed by atoms with Crippen LogP contribution in [0.3, 0.4) is 0 Å². The lowest BCUT2D eigenvalue weighted by molar-refractivity contribution is -0.129. The van der Waals surface area contributed by atoms with Crippen LogP contribution in [0.1, 0.15) is 41.0 Å². The number of aryl methyl sites for hydroxylation is 1. The molecule has 7 nitrogen and oxygen atoms in total. The van der Waals surface area contributed by atoms with Gasteiger partial charge in [-0.15, -0.1) is 0 Å². The minimum absolute atomic E-state index is 0.191. The summed E-state index contributed by atoms with van der Waals surface area (Å²) < 4.78 is 7.24. The van der Waals surface area contributed by atoms with Crippen LogP contribution in [0.5, 0.6) is 5.75 Å². The van der Waals surface area contributed by atoms with Gasteiger partial charge in [0, 0.05) is 35.6 Å². The normalized spacial score (nSPS) is 13.9. The second kappa shape index (κ2) is 8.70. The molecule has 1 fully saturated rings. The molecule has 1 aromatic heterocycles. The zero-order chi connectivity index (χ0) is 22.8. The Morgan fingerprint density at radius 1 is 0.906 bits per heavy atom. The molecule has 0 saturated carbocycles. The van der Waals surface area contributed by atoms with Crippen LogP contribution in [0, 0.1) is 13.8 Å². The van der Waals surface area contributed by atoms with Gasteiger partial charge in [-0.1, -0.05) is 0 Å². The van der Waals surface area contributed by atoms with Crippen LogP contribution in [0.4, 0.5) is 11.4 Å². The Morgan fingerprint density at radius 3 is 2.09 bits per heavy atom. The topological polar surface area (TPSA) is 80.6 Å². The number of nitrogens with zero attached hydrogens (tertiary/aromatic N) is 2. The van der Waals surface area contributed by atoms with Gasteiger partial charge in [0.05, 0.1) is 18.4 Å². The molecule has 0 aliphatic carbocycles. The molecule has 164 valence electrons. The molecule has 0 atom stereocenters. The van der Waals surface area contributed by atoms with Crippen LogP contribution in [-0.2, 0) is 9.59 Å². The second-order valence-corrected chi connectivity index (χ2v) is 7.80. The number of carbonyl (C=O) groups is 3. The molecule has 0 unspecified atom stereocenters. The van der Waals surface area contributed by atoms with Gasteiger partial charge in [-0.25, -0.2) is 0 Å². The number of imide groups is 1. The lowest BCUT2D eigenvalue weighted by Crippen LogP contribution is -2.40. The van der Waals surface area contributed by atoms with Gasteiger partial charge in [-0.2, -0.15) is 0 Å². The van der Waals surface area contributed by atoms with Gasteiger partial charge in [0.15, 0.2) is 0 Å². The molecular formula is C25H25N3O4. The molecule has 1 aliphatic heterocycles. The number of methoxy groups -OCH3 is 1. The summed E-state index contributed by atoms with van der Waals surface area (Å²) in [6.45, 7) is 3.86. The van der Waals surface area contributed by atoms with Crippen molar-refractivity contribution in [3.05, 3.63) is 71.5 Å². The highest BCUT2D eigenvalue weighted by Crippen LogP contribution is 2.26. The van der Waals surface area contributed by atoms with Crippen LogP contribution in [0.15, 0.2) is 54.6 Å². The fourth-order valence-electron chi connectivity index (χ4n) is 4.06. The van der Waals surface area contributed by atoms with Crippen molar-refractivity contribution < 1.29 is 19.1 Å². The summed E-state index contributed by atoms with van der Waals surface area (Å²) in [5.74, 6) is 0.161. The van der Waals surface area contributed by atoms with Gasteiger partial charge in [0.1, 0.15) is 5.75 Å². The van der Waals surface area contributed by atoms with Crippen LogP contribution in [0.2, 0.25) is 0 Å². The molecule has 32 heavy (non-hydrogen) atoms. The Labute approximate surface area is 186 Å². The smallest absolute Gasteiger partial charge is 0.257 e. The molecule has 1 aliphatic rings. The number of benzene rings is 2. The van der Waals surface area contributed by atoms with Crippen molar-refractivity contribution in [2.45, 2.75) is 33.1 Å². The molecule has 0 spiro atoms. The number of rotatable bonds is 5. The van der Waals surface area contributed by atoms with Crippen LogP contribution < -0.4 is 15.0 Å². The van der Waals surface area contributed by atoms with E-state index >= 15 is 0 Å². The van der Waals surface area contributed by atoms with Gasteiger partial charge in [0.2, 0.25) is 11.8 Å². The van der Waals surface area contributed by atoms with Crippen molar-refractivity contribution in [2.24, 2.45) is 0 Å². The van der Waals surface area contributed by atoms with Gasteiger partial charge in [-0.3, -0.25) is 19.3 Å². The Kier molecular flexibility index (Phi) is 5.81. The summed E-state index contributed by atoms with van der Waals surface area (Å²) in [5.41, 5.74) is 4.39. The first-order valence-electron chi connectivity index (χ1n) is 10.5. The van der Waals surface area contributed by atoms with Gasteiger partial charge < -0.3 is 14.6 Å². The maximum atomic E-state index is 13.0. The highest BCUT2D eigenvalue weighted by atomic mass is 16.5. The van der Waals surface area contributed by atoms with E-state index in [-0.39, 0.29) is 17.7 Å². The Hall–Kier alpha value is -3.87. The van der Waals surface area contributed by atoms with E-state index in [4.69, 9.17) is 4.74 Å². The van der Waals surface area contributed by atoms with Crippen LogP contribution in [-0.4, -0.2) is 29.4 Å². The average molecular weight is 431 g/mol. The number of aromatic nitrogens is 1. The number of ether oxygens (including phenoxy) is 1. The predicted octanol–water partition coefficient (Wildman–Crippen LogP) is 4.40. The summed E-state index contributed by atoms with van der Waals surface area (Å²) in [5, 5.41) is 2.90. The van der Waals surface area contributed by atoms with E-state index in [1.807, 2.05) is 48.7 Å². The highest BCUT2D eigenvalue weighted by Gasteiger charge is 2.27. The number of hydrogen-bond donors (Lipinski definition) is 1. The molecule has 3 amide bonds. The lowest BCUT2D eigenvalue weighted by Gasteiger charge is -2.24. The second-order valence-electron chi connectivity index (χ2n) is 7.80. The van der Waals surface area contributed by atoms with Crippen molar-refractivity contribution >= 4 is 29.1 Å². The number of amides is 3. The molecular weight excluding hydrogens is 406 g/mol.